The van der Waals surface area contributed by atoms with Gasteiger partial charge in [-0.25, -0.2) is 4.79 Å². The summed E-state index contributed by atoms with van der Waals surface area (Å²) >= 11 is 0. The molecular formula is C13H20N2O3. The first-order valence-corrected chi connectivity index (χ1v) is 6.37. The van der Waals surface area contributed by atoms with E-state index < -0.39 is 5.97 Å². The highest BCUT2D eigenvalue weighted by Gasteiger charge is 2.16. The summed E-state index contributed by atoms with van der Waals surface area (Å²) in [7, 11) is 1.99. The third-order valence-corrected chi connectivity index (χ3v) is 3.39. The van der Waals surface area contributed by atoms with E-state index in [0.717, 1.165) is 13.1 Å². The average molecular weight is 252 g/mol. The van der Waals surface area contributed by atoms with Gasteiger partial charge in [-0.15, -0.1) is 0 Å². The molecule has 1 aromatic heterocycles. The van der Waals surface area contributed by atoms with Crippen molar-refractivity contribution >= 4 is 5.97 Å². The zero-order valence-corrected chi connectivity index (χ0v) is 10.8. The van der Waals surface area contributed by atoms with Crippen molar-refractivity contribution < 1.29 is 14.3 Å². The van der Waals surface area contributed by atoms with E-state index >= 15 is 0 Å². The largest absolute Gasteiger partial charge is 0.478 e. The molecule has 0 spiro atoms. The number of likely N-dealkylation sites (N-methyl/N-ethyl adjacent to an activating group) is 1. The van der Waals surface area contributed by atoms with Crippen LogP contribution >= 0.6 is 0 Å². The number of hydrogen-bond donors (Lipinski definition) is 1. The van der Waals surface area contributed by atoms with Crippen molar-refractivity contribution in [2.75, 3.05) is 33.2 Å². The molecule has 1 N–H and O–H groups in total. The van der Waals surface area contributed by atoms with Gasteiger partial charge in [0.2, 0.25) is 0 Å². The molecular weight excluding hydrogens is 232 g/mol. The number of nitrogens with zero attached hydrogens (tertiary/aromatic N) is 2. The Bertz CT molecular complexity index is 397. The maximum atomic E-state index is 10.9. The molecule has 5 heteroatoms. The number of rotatable bonds is 6. The predicted octanol–water partition coefficient (Wildman–Crippen LogP) is 1.51. The lowest BCUT2D eigenvalue weighted by Gasteiger charge is -2.20. The number of hydrogen-bond acceptors (Lipinski definition) is 4. The van der Waals surface area contributed by atoms with E-state index in [1.807, 2.05) is 7.05 Å². The van der Waals surface area contributed by atoms with Gasteiger partial charge in [-0.05, 0) is 39.0 Å². The summed E-state index contributed by atoms with van der Waals surface area (Å²) in [5, 5.41) is 8.98. The number of carboxylic acids is 1. The SMILES string of the molecule is CN(CCN1CCCC1)Cc1occc1C(=O)O. The number of carboxylic acid groups (broad SMARTS) is 1. The van der Waals surface area contributed by atoms with Crippen LogP contribution in [0.1, 0.15) is 29.0 Å². The Morgan fingerprint density at radius 1 is 1.50 bits per heavy atom. The van der Waals surface area contributed by atoms with Crippen molar-refractivity contribution in [1.29, 1.82) is 0 Å². The molecule has 0 unspecified atom stereocenters. The summed E-state index contributed by atoms with van der Waals surface area (Å²) in [6.07, 6.45) is 4.03. The van der Waals surface area contributed by atoms with E-state index in [0.29, 0.717) is 12.3 Å². The van der Waals surface area contributed by atoms with Crippen LogP contribution in [-0.2, 0) is 6.54 Å². The van der Waals surface area contributed by atoms with Crippen molar-refractivity contribution in [3.63, 3.8) is 0 Å². The molecule has 100 valence electrons. The number of aromatic carboxylic acids is 1. The molecule has 1 aliphatic rings. The summed E-state index contributed by atoms with van der Waals surface area (Å²) in [5.41, 5.74) is 0.267. The van der Waals surface area contributed by atoms with E-state index in [4.69, 9.17) is 9.52 Å². The van der Waals surface area contributed by atoms with Gasteiger partial charge in [0.15, 0.2) is 0 Å². The molecule has 2 rings (SSSR count). The van der Waals surface area contributed by atoms with E-state index in [1.54, 1.807) is 0 Å². The summed E-state index contributed by atoms with van der Waals surface area (Å²) in [6.45, 7) is 4.89. The lowest BCUT2D eigenvalue weighted by atomic mass is 10.2. The van der Waals surface area contributed by atoms with E-state index in [9.17, 15) is 4.79 Å². The number of likely N-dealkylation sites (tertiary alicyclic amines) is 1. The van der Waals surface area contributed by atoms with Crippen LogP contribution in [0.3, 0.4) is 0 Å². The lowest BCUT2D eigenvalue weighted by Crippen LogP contribution is -2.31. The van der Waals surface area contributed by atoms with Gasteiger partial charge >= 0.3 is 5.97 Å². The Balaban J connectivity index is 1.80. The monoisotopic (exact) mass is 252 g/mol. The molecule has 1 fully saturated rings. The summed E-state index contributed by atoms with van der Waals surface area (Å²) in [6, 6.07) is 1.51. The maximum absolute atomic E-state index is 10.9. The highest BCUT2D eigenvalue weighted by Crippen LogP contribution is 2.13. The van der Waals surface area contributed by atoms with Crippen molar-refractivity contribution in [1.82, 2.24) is 9.80 Å². The van der Waals surface area contributed by atoms with Gasteiger partial charge in [-0.2, -0.15) is 0 Å². The van der Waals surface area contributed by atoms with Gasteiger partial charge in [0.05, 0.1) is 12.8 Å². The van der Waals surface area contributed by atoms with Crippen LogP contribution < -0.4 is 0 Å². The molecule has 0 saturated carbocycles. The minimum Gasteiger partial charge on any atom is -0.478 e. The number of furan rings is 1. The molecule has 1 saturated heterocycles. The summed E-state index contributed by atoms with van der Waals surface area (Å²) in [5.74, 6) is -0.391. The third-order valence-electron chi connectivity index (χ3n) is 3.39. The van der Waals surface area contributed by atoms with Gasteiger partial charge in [-0.3, -0.25) is 4.90 Å². The standard InChI is InChI=1S/C13H20N2O3/c1-14(7-8-15-5-2-3-6-15)10-12-11(13(16)17)4-9-18-12/h4,9H,2-3,5-8,10H2,1H3,(H,16,17). The lowest BCUT2D eigenvalue weighted by molar-refractivity contribution is 0.0693. The fourth-order valence-electron chi connectivity index (χ4n) is 2.30. The first kappa shape index (κ1) is 13.1. The molecule has 5 nitrogen and oxygen atoms in total. The average Bonchev–Trinajstić information content (AvgIpc) is 2.96. The topological polar surface area (TPSA) is 56.9 Å². The second kappa shape index (κ2) is 6.02. The van der Waals surface area contributed by atoms with E-state index in [-0.39, 0.29) is 5.56 Å². The molecule has 2 heterocycles. The molecule has 18 heavy (non-hydrogen) atoms. The van der Waals surface area contributed by atoms with E-state index in [1.165, 1.54) is 38.3 Å². The maximum Gasteiger partial charge on any atom is 0.339 e. The van der Waals surface area contributed by atoms with E-state index in [2.05, 4.69) is 9.80 Å². The van der Waals surface area contributed by atoms with Gasteiger partial charge in [0, 0.05) is 13.1 Å². The van der Waals surface area contributed by atoms with Crippen molar-refractivity contribution in [3.8, 4) is 0 Å². The van der Waals surface area contributed by atoms with Crippen molar-refractivity contribution in [2.24, 2.45) is 0 Å². The van der Waals surface area contributed by atoms with Gasteiger partial charge in [-0.1, -0.05) is 0 Å². The van der Waals surface area contributed by atoms with Crippen molar-refractivity contribution in [2.45, 2.75) is 19.4 Å². The molecule has 1 aliphatic heterocycles. The minimum absolute atomic E-state index is 0.267. The Kier molecular flexibility index (Phi) is 4.38. The van der Waals surface area contributed by atoms with Crippen LogP contribution in [0.25, 0.3) is 0 Å². The molecule has 0 aromatic carbocycles. The highest BCUT2D eigenvalue weighted by atomic mass is 16.4. The van der Waals surface area contributed by atoms with Gasteiger partial charge in [0.1, 0.15) is 11.3 Å². The summed E-state index contributed by atoms with van der Waals surface area (Å²) < 4.78 is 5.23. The van der Waals surface area contributed by atoms with Crippen LogP contribution in [0, 0.1) is 0 Å². The zero-order valence-electron chi connectivity index (χ0n) is 10.8. The third kappa shape index (κ3) is 3.34. The minimum atomic E-state index is -0.924. The zero-order chi connectivity index (χ0) is 13.0. The van der Waals surface area contributed by atoms with Crippen LogP contribution in [0.2, 0.25) is 0 Å². The Hall–Kier alpha value is -1.33. The molecule has 0 amide bonds. The molecule has 0 bridgehead atoms. The second-order valence-electron chi connectivity index (χ2n) is 4.85. The highest BCUT2D eigenvalue weighted by molar-refractivity contribution is 5.88. The van der Waals surface area contributed by atoms with Crippen LogP contribution in [0.4, 0.5) is 0 Å². The first-order chi connectivity index (χ1) is 8.66. The smallest absolute Gasteiger partial charge is 0.339 e. The second-order valence-corrected chi connectivity index (χ2v) is 4.85. The fourth-order valence-corrected chi connectivity index (χ4v) is 2.30. The van der Waals surface area contributed by atoms with Crippen LogP contribution in [-0.4, -0.2) is 54.1 Å². The normalized spacial score (nSPS) is 16.6. The van der Waals surface area contributed by atoms with Gasteiger partial charge < -0.3 is 14.4 Å². The Morgan fingerprint density at radius 3 is 2.89 bits per heavy atom. The summed E-state index contributed by atoms with van der Waals surface area (Å²) in [4.78, 5) is 15.5. The van der Waals surface area contributed by atoms with Crippen molar-refractivity contribution in [3.05, 3.63) is 23.7 Å². The van der Waals surface area contributed by atoms with Crippen LogP contribution in [0.5, 0.6) is 0 Å². The predicted molar refractivity (Wildman–Crippen MR) is 67.7 cm³/mol. The molecule has 0 aliphatic carbocycles. The van der Waals surface area contributed by atoms with Gasteiger partial charge in [0.25, 0.3) is 0 Å². The quantitative estimate of drug-likeness (QED) is 0.831. The first-order valence-electron chi connectivity index (χ1n) is 6.37. The molecule has 0 atom stereocenters. The fraction of sp³-hybridized carbons (Fsp3) is 0.615. The molecule has 0 radical (unpaired) electrons. The number of carbonyl (C=O) groups is 1. The van der Waals surface area contributed by atoms with Crippen LogP contribution in [0.15, 0.2) is 16.7 Å². The Labute approximate surface area is 107 Å². The Morgan fingerprint density at radius 2 is 2.22 bits per heavy atom. The molecule has 1 aromatic rings.